The van der Waals surface area contributed by atoms with Crippen LogP contribution in [0.25, 0.3) is 11.5 Å². The van der Waals surface area contributed by atoms with Crippen LogP contribution in [0.4, 0.5) is 0 Å². The van der Waals surface area contributed by atoms with E-state index in [1.54, 1.807) is 48.5 Å². The molecule has 26 heavy (non-hydrogen) atoms. The lowest BCUT2D eigenvalue weighted by molar-refractivity contribution is 0.0993. The van der Waals surface area contributed by atoms with Crippen molar-refractivity contribution in [3.63, 3.8) is 0 Å². The van der Waals surface area contributed by atoms with Gasteiger partial charge in [0.25, 0.3) is 5.22 Å². The standard InChI is InChI=1S/C19H17ClN2O3S/c1-3-24-16-10-6-13(7-11-16)17(23)12(2)26-19-22-21-18(25-19)14-4-8-15(20)9-5-14/h4-12H,3H2,1-2H3/t12-/m1/s1. The van der Waals surface area contributed by atoms with Crippen molar-refractivity contribution in [3.05, 3.63) is 59.1 Å². The zero-order valence-corrected chi connectivity index (χ0v) is 15.9. The van der Waals surface area contributed by atoms with E-state index >= 15 is 0 Å². The minimum absolute atomic E-state index is 0.00992. The van der Waals surface area contributed by atoms with Crippen LogP contribution in [0.15, 0.2) is 58.2 Å². The number of benzene rings is 2. The third-order valence-electron chi connectivity index (χ3n) is 3.59. The first-order chi connectivity index (χ1) is 12.6. The average Bonchev–Trinajstić information content (AvgIpc) is 3.11. The molecule has 7 heteroatoms. The topological polar surface area (TPSA) is 65.2 Å². The van der Waals surface area contributed by atoms with E-state index < -0.39 is 0 Å². The second-order valence-electron chi connectivity index (χ2n) is 5.46. The summed E-state index contributed by atoms with van der Waals surface area (Å²) < 4.78 is 11.0. The van der Waals surface area contributed by atoms with E-state index in [4.69, 9.17) is 20.8 Å². The van der Waals surface area contributed by atoms with Gasteiger partial charge in [0.05, 0.1) is 11.9 Å². The van der Waals surface area contributed by atoms with Gasteiger partial charge in [-0.3, -0.25) is 4.79 Å². The summed E-state index contributed by atoms with van der Waals surface area (Å²) in [6, 6.07) is 14.2. The highest BCUT2D eigenvalue weighted by Crippen LogP contribution is 2.28. The highest BCUT2D eigenvalue weighted by atomic mass is 35.5. The van der Waals surface area contributed by atoms with Crippen LogP contribution in [0, 0.1) is 0 Å². The number of hydrogen-bond acceptors (Lipinski definition) is 6. The highest BCUT2D eigenvalue weighted by Gasteiger charge is 2.20. The summed E-state index contributed by atoms with van der Waals surface area (Å²) in [4.78, 5) is 12.6. The number of Topliss-reactive ketones (excluding diaryl/α,β-unsaturated/α-hetero) is 1. The number of carbonyl (C=O) groups excluding carboxylic acids is 1. The molecule has 0 saturated heterocycles. The van der Waals surface area contributed by atoms with Crippen molar-refractivity contribution >= 4 is 29.1 Å². The Morgan fingerprint density at radius 2 is 1.85 bits per heavy atom. The van der Waals surface area contributed by atoms with Crippen molar-refractivity contribution < 1.29 is 13.9 Å². The monoisotopic (exact) mass is 388 g/mol. The number of aromatic nitrogens is 2. The summed E-state index contributed by atoms with van der Waals surface area (Å²) >= 11 is 7.11. The molecule has 0 amide bonds. The van der Waals surface area contributed by atoms with Crippen molar-refractivity contribution in [1.29, 1.82) is 0 Å². The fourth-order valence-electron chi connectivity index (χ4n) is 2.29. The Balaban J connectivity index is 1.66. The first-order valence-corrected chi connectivity index (χ1v) is 9.35. The van der Waals surface area contributed by atoms with Crippen molar-refractivity contribution in [3.8, 4) is 17.2 Å². The molecule has 0 aliphatic carbocycles. The van der Waals surface area contributed by atoms with Gasteiger partial charge in [-0.1, -0.05) is 23.4 Å². The van der Waals surface area contributed by atoms with Crippen LogP contribution in [0.3, 0.4) is 0 Å². The molecule has 1 aromatic heterocycles. The molecular formula is C19H17ClN2O3S. The largest absolute Gasteiger partial charge is 0.494 e. The maximum atomic E-state index is 12.6. The number of hydrogen-bond donors (Lipinski definition) is 0. The molecule has 0 aliphatic rings. The minimum Gasteiger partial charge on any atom is -0.494 e. The molecule has 0 radical (unpaired) electrons. The Hall–Kier alpha value is -2.31. The molecule has 0 unspecified atom stereocenters. The van der Waals surface area contributed by atoms with Crippen molar-refractivity contribution in [1.82, 2.24) is 10.2 Å². The van der Waals surface area contributed by atoms with E-state index in [9.17, 15) is 4.79 Å². The zero-order chi connectivity index (χ0) is 18.5. The van der Waals surface area contributed by atoms with Gasteiger partial charge in [-0.25, -0.2) is 0 Å². The average molecular weight is 389 g/mol. The van der Waals surface area contributed by atoms with E-state index in [1.807, 2.05) is 13.8 Å². The Kier molecular flexibility index (Phi) is 5.96. The molecule has 0 N–H and O–H groups in total. The predicted molar refractivity (Wildman–Crippen MR) is 102 cm³/mol. The van der Waals surface area contributed by atoms with Crippen molar-refractivity contribution in [2.45, 2.75) is 24.3 Å². The molecule has 1 heterocycles. The fraction of sp³-hybridized carbons (Fsp3) is 0.211. The number of halogens is 1. The van der Waals surface area contributed by atoms with Gasteiger partial charge < -0.3 is 9.15 Å². The number of carbonyl (C=O) groups is 1. The third-order valence-corrected chi connectivity index (χ3v) is 4.78. The second kappa shape index (κ2) is 8.38. The van der Waals surface area contributed by atoms with E-state index in [0.29, 0.717) is 28.3 Å². The summed E-state index contributed by atoms with van der Waals surface area (Å²) in [6.07, 6.45) is 0. The molecule has 2 aromatic carbocycles. The lowest BCUT2D eigenvalue weighted by atomic mass is 10.1. The maximum absolute atomic E-state index is 12.6. The van der Waals surface area contributed by atoms with Gasteiger partial charge >= 0.3 is 0 Å². The van der Waals surface area contributed by atoms with Crippen LogP contribution >= 0.6 is 23.4 Å². The van der Waals surface area contributed by atoms with Crippen LogP contribution in [0.5, 0.6) is 5.75 Å². The van der Waals surface area contributed by atoms with Crippen LogP contribution in [-0.2, 0) is 0 Å². The summed E-state index contributed by atoms with van der Waals surface area (Å²) in [6.45, 7) is 4.32. The van der Waals surface area contributed by atoms with Crippen LogP contribution in [0.1, 0.15) is 24.2 Å². The van der Waals surface area contributed by atoms with Gasteiger partial charge in [-0.05, 0) is 62.4 Å². The van der Waals surface area contributed by atoms with Gasteiger partial charge in [0.2, 0.25) is 5.89 Å². The number of ketones is 1. The molecule has 134 valence electrons. The van der Waals surface area contributed by atoms with Gasteiger partial charge in [0, 0.05) is 16.1 Å². The Bertz CT molecular complexity index is 879. The van der Waals surface area contributed by atoms with Gasteiger partial charge in [-0.2, -0.15) is 0 Å². The molecule has 5 nitrogen and oxygen atoms in total. The zero-order valence-electron chi connectivity index (χ0n) is 14.3. The molecule has 0 aliphatic heterocycles. The van der Waals surface area contributed by atoms with Crippen molar-refractivity contribution in [2.75, 3.05) is 6.61 Å². The predicted octanol–water partition coefficient (Wildman–Crippen LogP) is 5.15. The molecule has 3 aromatic rings. The van der Waals surface area contributed by atoms with E-state index in [1.165, 1.54) is 11.8 Å². The summed E-state index contributed by atoms with van der Waals surface area (Å²) in [5.74, 6) is 1.13. The van der Waals surface area contributed by atoms with Gasteiger partial charge in [0.15, 0.2) is 5.78 Å². The minimum atomic E-state index is -0.355. The van der Waals surface area contributed by atoms with Crippen molar-refractivity contribution in [2.24, 2.45) is 0 Å². The molecule has 3 rings (SSSR count). The first-order valence-electron chi connectivity index (χ1n) is 8.10. The molecule has 0 saturated carbocycles. The van der Waals surface area contributed by atoms with Gasteiger partial charge in [-0.15, -0.1) is 10.2 Å². The van der Waals surface area contributed by atoms with Crippen LogP contribution < -0.4 is 4.74 Å². The fourth-order valence-corrected chi connectivity index (χ4v) is 3.17. The normalized spacial score (nSPS) is 12.0. The van der Waals surface area contributed by atoms with Crippen LogP contribution in [-0.4, -0.2) is 27.8 Å². The van der Waals surface area contributed by atoms with E-state index in [-0.39, 0.29) is 11.0 Å². The number of thioether (sulfide) groups is 1. The Labute approximate surface area is 160 Å². The van der Waals surface area contributed by atoms with E-state index in [2.05, 4.69) is 10.2 Å². The van der Waals surface area contributed by atoms with Gasteiger partial charge in [0.1, 0.15) is 5.75 Å². The molecule has 0 fully saturated rings. The molecule has 0 spiro atoms. The Morgan fingerprint density at radius 1 is 1.15 bits per heavy atom. The highest BCUT2D eigenvalue weighted by molar-refractivity contribution is 8.00. The number of nitrogens with zero attached hydrogens (tertiary/aromatic N) is 2. The molecular weight excluding hydrogens is 372 g/mol. The molecule has 1 atom stereocenters. The lowest BCUT2D eigenvalue weighted by Gasteiger charge is -2.08. The number of ether oxygens (including phenoxy) is 1. The third kappa shape index (κ3) is 4.45. The Morgan fingerprint density at radius 3 is 2.50 bits per heavy atom. The number of rotatable bonds is 7. The van der Waals surface area contributed by atoms with Crippen LogP contribution in [0.2, 0.25) is 5.02 Å². The quantitative estimate of drug-likeness (QED) is 0.412. The first kappa shape index (κ1) is 18.5. The maximum Gasteiger partial charge on any atom is 0.277 e. The lowest BCUT2D eigenvalue weighted by Crippen LogP contribution is -2.13. The summed E-state index contributed by atoms with van der Waals surface area (Å²) in [7, 11) is 0. The summed E-state index contributed by atoms with van der Waals surface area (Å²) in [5, 5.41) is 8.67. The summed E-state index contributed by atoms with van der Waals surface area (Å²) in [5.41, 5.74) is 1.39. The second-order valence-corrected chi connectivity index (χ2v) is 7.19. The SMILES string of the molecule is CCOc1ccc(C(=O)[C@@H](C)Sc2nnc(-c3ccc(Cl)cc3)o2)cc1. The molecule has 0 bridgehead atoms. The smallest absolute Gasteiger partial charge is 0.277 e. The van der Waals surface area contributed by atoms with E-state index in [0.717, 1.165) is 11.3 Å².